The summed E-state index contributed by atoms with van der Waals surface area (Å²) in [4.78, 5) is 15.0. The van der Waals surface area contributed by atoms with Crippen LogP contribution >= 0.6 is 0 Å². The molecule has 4 heteroatoms. The third-order valence-electron chi connectivity index (χ3n) is 5.75. The van der Waals surface area contributed by atoms with Crippen LogP contribution in [-0.2, 0) is 4.74 Å². The third kappa shape index (κ3) is 3.44. The molecule has 130 valence electrons. The molecule has 1 aliphatic heterocycles. The number of nitrogens with zero attached hydrogens (tertiary/aromatic N) is 1. The van der Waals surface area contributed by atoms with Gasteiger partial charge in [-0.25, -0.2) is 4.79 Å². The van der Waals surface area contributed by atoms with Crippen LogP contribution < -0.4 is 5.32 Å². The van der Waals surface area contributed by atoms with Crippen LogP contribution in [0.2, 0.25) is 0 Å². The van der Waals surface area contributed by atoms with E-state index in [2.05, 4.69) is 34.5 Å². The minimum atomic E-state index is 0.118. The standard InChI is InChI=1S/C20H28N2O2/c23-20(22(18-10-11-18)17-8-4-5-9-17)21-14-16-12-13-24-19(16)15-6-2-1-3-7-15/h1-3,6-7,16-19H,4-5,8-14H2,(H,21,23)/t16-,19+/m1/s1. The average molecular weight is 328 g/mol. The van der Waals surface area contributed by atoms with Crippen LogP contribution in [0.5, 0.6) is 0 Å². The van der Waals surface area contributed by atoms with Crippen molar-refractivity contribution in [1.29, 1.82) is 0 Å². The Morgan fingerprint density at radius 1 is 1.04 bits per heavy atom. The van der Waals surface area contributed by atoms with Gasteiger partial charge < -0.3 is 15.0 Å². The summed E-state index contributed by atoms with van der Waals surface area (Å²) in [6.45, 7) is 1.50. The highest BCUT2D eigenvalue weighted by Gasteiger charge is 2.39. The molecule has 0 spiro atoms. The lowest BCUT2D eigenvalue weighted by Gasteiger charge is -2.30. The first-order valence-corrected chi connectivity index (χ1v) is 9.55. The van der Waals surface area contributed by atoms with Gasteiger partial charge >= 0.3 is 6.03 Å². The minimum Gasteiger partial charge on any atom is -0.373 e. The average Bonchev–Trinajstić information content (AvgIpc) is 3.11. The Hall–Kier alpha value is -1.55. The summed E-state index contributed by atoms with van der Waals surface area (Å²) in [6.07, 6.45) is 8.42. The molecule has 1 aromatic carbocycles. The zero-order valence-corrected chi connectivity index (χ0v) is 14.3. The maximum atomic E-state index is 12.8. The second kappa shape index (κ2) is 7.14. The molecule has 0 bridgehead atoms. The summed E-state index contributed by atoms with van der Waals surface area (Å²) < 4.78 is 5.94. The number of carbonyl (C=O) groups excluding carboxylic acids is 1. The molecule has 2 saturated carbocycles. The lowest BCUT2D eigenvalue weighted by molar-refractivity contribution is 0.0901. The molecule has 3 aliphatic rings. The molecule has 1 heterocycles. The van der Waals surface area contributed by atoms with Crippen LogP contribution in [0.25, 0.3) is 0 Å². The Kier molecular flexibility index (Phi) is 4.74. The summed E-state index contributed by atoms with van der Waals surface area (Å²) >= 11 is 0. The molecule has 0 unspecified atom stereocenters. The van der Waals surface area contributed by atoms with E-state index in [-0.39, 0.29) is 12.1 Å². The number of nitrogens with one attached hydrogen (secondary N) is 1. The van der Waals surface area contributed by atoms with Crippen molar-refractivity contribution in [2.24, 2.45) is 5.92 Å². The highest BCUT2D eigenvalue weighted by atomic mass is 16.5. The Morgan fingerprint density at radius 2 is 1.75 bits per heavy atom. The van der Waals surface area contributed by atoms with Crippen molar-refractivity contribution in [3.8, 4) is 0 Å². The number of carbonyl (C=O) groups is 1. The van der Waals surface area contributed by atoms with Crippen LogP contribution in [0.1, 0.15) is 56.6 Å². The van der Waals surface area contributed by atoms with Gasteiger partial charge in [-0.2, -0.15) is 0 Å². The van der Waals surface area contributed by atoms with Crippen LogP contribution in [0.4, 0.5) is 4.79 Å². The second-order valence-corrected chi connectivity index (χ2v) is 7.51. The summed E-state index contributed by atoms with van der Waals surface area (Å²) in [5, 5.41) is 3.23. The summed E-state index contributed by atoms with van der Waals surface area (Å²) in [5.41, 5.74) is 1.23. The monoisotopic (exact) mass is 328 g/mol. The molecule has 4 rings (SSSR count). The minimum absolute atomic E-state index is 0.118. The summed E-state index contributed by atoms with van der Waals surface area (Å²) in [7, 11) is 0. The normalized spacial score (nSPS) is 27.3. The van der Waals surface area contributed by atoms with Crippen molar-refractivity contribution >= 4 is 6.03 Å². The Morgan fingerprint density at radius 3 is 2.46 bits per heavy atom. The zero-order valence-electron chi connectivity index (χ0n) is 14.3. The van der Waals surface area contributed by atoms with Crippen molar-refractivity contribution in [2.45, 2.75) is 63.1 Å². The number of rotatable bonds is 5. The van der Waals surface area contributed by atoms with Gasteiger partial charge in [0.25, 0.3) is 0 Å². The predicted octanol–water partition coefficient (Wildman–Crippen LogP) is 3.88. The summed E-state index contributed by atoms with van der Waals surface area (Å²) in [6, 6.07) is 11.5. The molecule has 3 fully saturated rings. The topological polar surface area (TPSA) is 41.6 Å². The van der Waals surface area contributed by atoms with E-state index in [4.69, 9.17) is 4.74 Å². The quantitative estimate of drug-likeness (QED) is 0.891. The first-order valence-electron chi connectivity index (χ1n) is 9.55. The molecular formula is C20H28N2O2. The van der Waals surface area contributed by atoms with E-state index in [9.17, 15) is 4.79 Å². The Balaban J connectivity index is 1.35. The highest BCUT2D eigenvalue weighted by molar-refractivity contribution is 5.75. The molecule has 1 aromatic rings. The van der Waals surface area contributed by atoms with Gasteiger partial charge in [0.05, 0.1) is 6.10 Å². The smallest absolute Gasteiger partial charge is 0.317 e. The molecule has 2 amide bonds. The van der Waals surface area contributed by atoms with Crippen molar-refractivity contribution < 1.29 is 9.53 Å². The molecule has 1 saturated heterocycles. The molecule has 0 radical (unpaired) electrons. The fraction of sp³-hybridized carbons (Fsp3) is 0.650. The summed E-state index contributed by atoms with van der Waals surface area (Å²) in [5.74, 6) is 0.376. The van der Waals surface area contributed by atoms with Crippen LogP contribution in [0.3, 0.4) is 0 Å². The molecule has 1 N–H and O–H groups in total. The van der Waals surface area contributed by atoms with E-state index in [1.807, 2.05) is 6.07 Å². The first-order chi connectivity index (χ1) is 11.8. The van der Waals surface area contributed by atoms with E-state index in [1.165, 1.54) is 44.1 Å². The van der Waals surface area contributed by atoms with Crippen LogP contribution in [0, 0.1) is 5.92 Å². The maximum absolute atomic E-state index is 12.8. The number of benzene rings is 1. The van der Waals surface area contributed by atoms with Gasteiger partial charge in [0, 0.05) is 31.2 Å². The maximum Gasteiger partial charge on any atom is 0.317 e. The van der Waals surface area contributed by atoms with Gasteiger partial charge in [0.1, 0.15) is 0 Å². The highest BCUT2D eigenvalue weighted by Crippen LogP contribution is 2.36. The lowest BCUT2D eigenvalue weighted by atomic mass is 9.95. The van der Waals surface area contributed by atoms with Gasteiger partial charge in [-0.3, -0.25) is 0 Å². The van der Waals surface area contributed by atoms with Crippen LogP contribution in [-0.4, -0.2) is 36.2 Å². The fourth-order valence-corrected chi connectivity index (χ4v) is 4.33. The number of urea groups is 1. The molecular weight excluding hydrogens is 300 g/mol. The Labute approximate surface area is 144 Å². The van der Waals surface area contributed by atoms with Gasteiger partial charge in [-0.1, -0.05) is 43.2 Å². The number of amides is 2. The van der Waals surface area contributed by atoms with Crippen molar-refractivity contribution in [1.82, 2.24) is 10.2 Å². The van der Waals surface area contributed by atoms with Crippen molar-refractivity contribution in [2.75, 3.05) is 13.2 Å². The molecule has 24 heavy (non-hydrogen) atoms. The zero-order chi connectivity index (χ0) is 16.4. The van der Waals surface area contributed by atoms with E-state index in [0.29, 0.717) is 24.5 Å². The molecule has 4 nitrogen and oxygen atoms in total. The SMILES string of the molecule is O=C(NC[C@H]1CCO[C@H]1c1ccccc1)N(C1CCCC1)C1CC1. The van der Waals surface area contributed by atoms with Gasteiger partial charge in [0.15, 0.2) is 0 Å². The number of hydrogen-bond donors (Lipinski definition) is 1. The van der Waals surface area contributed by atoms with Gasteiger partial charge in [0.2, 0.25) is 0 Å². The molecule has 2 aliphatic carbocycles. The van der Waals surface area contributed by atoms with E-state index in [0.717, 1.165) is 13.0 Å². The predicted molar refractivity (Wildman–Crippen MR) is 93.8 cm³/mol. The van der Waals surface area contributed by atoms with Crippen LogP contribution in [0.15, 0.2) is 30.3 Å². The molecule has 0 aromatic heterocycles. The Bertz CT molecular complexity index is 552. The largest absolute Gasteiger partial charge is 0.373 e. The third-order valence-corrected chi connectivity index (χ3v) is 5.75. The number of hydrogen-bond acceptors (Lipinski definition) is 2. The second-order valence-electron chi connectivity index (χ2n) is 7.51. The molecule has 2 atom stereocenters. The van der Waals surface area contributed by atoms with Gasteiger partial charge in [-0.05, 0) is 37.7 Å². The lowest BCUT2D eigenvalue weighted by Crippen LogP contribution is -2.47. The van der Waals surface area contributed by atoms with E-state index in [1.54, 1.807) is 0 Å². The first kappa shape index (κ1) is 15.9. The van der Waals surface area contributed by atoms with Gasteiger partial charge in [-0.15, -0.1) is 0 Å². The van der Waals surface area contributed by atoms with Crippen molar-refractivity contribution in [3.05, 3.63) is 35.9 Å². The van der Waals surface area contributed by atoms with Crippen molar-refractivity contribution in [3.63, 3.8) is 0 Å². The van der Waals surface area contributed by atoms with E-state index < -0.39 is 0 Å². The van der Waals surface area contributed by atoms with E-state index >= 15 is 0 Å². The number of ether oxygens (including phenoxy) is 1. The fourth-order valence-electron chi connectivity index (χ4n) is 4.33.